The second-order valence-electron chi connectivity index (χ2n) is 4.53. The fourth-order valence-corrected chi connectivity index (χ4v) is 2.86. The maximum Gasteiger partial charge on any atom is 0.419 e. The molecule has 1 nitrogen and oxygen atoms in total. The van der Waals surface area contributed by atoms with E-state index in [-0.39, 0.29) is 11.3 Å². The van der Waals surface area contributed by atoms with Gasteiger partial charge in [-0.25, -0.2) is 4.39 Å². The van der Waals surface area contributed by atoms with E-state index in [2.05, 4.69) is 0 Å². The van der Waals surface area contributed by atoms with Gasteiger partial charge in [0.1, 0.15) is 5.82 Å². The molecule has 6 heteroatoms. The highest BCUT2D eigenvalue weighted by molar-refractivity contribution is 7.17. The molecule has 0 unspecified atom stereocenters. The molecule has 0 amide bonds. The van der Waals surface area contributed by atoms with Crippen LogP contribution in [0.15, 0.2) is 30.3 Å². The van der Waals surface area contributed by atoms with Crippen molar-refractivity contribution >= 4 is 17.1 Å². The zero-order valence-electron chi connectivity index (χ0n) is 11.1. The highest BCUT2D eigenvalue weighted by atomic mass is 32.1. The van der Waals surface area contributed by atoms with Crippen molar-refractivity contribution in [1.82, 2.24) is 0 Å². The lowest BCUT2D eigenvalue weighted by Gasteiger charge is -2.09. The Morgan fingerprint density at radius 2 is 1.90 bits per heavy atom. The lowest BCUT2D eigenvalue weighted by molar-refractivity contribution is -0.139. The van der Waals surface area contributed by atoms with Crippen LogP contribution in [0.5, 0.6) is 0 Å². The highest BCUT2D eigenvalue weighted by Gasteiger charge is 2.34. The number of hydrogen-bond donors (Lipinski definition) is 0. The minimum absolute atomic E-state index is 0.0353. The van der Waals surface area contributed by atoms with Crippen LogP contribution in [0.2, 0.25) is 0 Å². The third-order valence-electron chi connectivity index (χ3n) is 2.91. The van der Waals surface area contributed by atoms with Crippen molar-refractivity contribution in [1.29, 1.82) is 0 Å². The van der Waals surface area contributed by atoms with Crippen LogP contribution in [0.1, 0.15) is 35.0 Å². The molecule has 2 aromatic rings. The van der Waals surface area contributed by atoms with Crippen LogP contribution in [0.3, 0.4) is 0 Å². The van der Waals surface area contributed by atoms with Gasteiger partial charge in [-0.15, -0.1) is 11.3 Å². The first-order valence-corrected chi connectivity index (χ1v) is 7.14. The maximum atomic E-state index is 13.2. The van der Waals surface area contributed by atoms with Crippen molar-refractivity contribution in [3.63, 3.8) is 0 Å². The molecule has 0 spiro atoms. The molecule has 21 heavy (non-hydrogen) atoms. The number of benzene rings is 1. The van der Waals surface area contributed by atoms with Crippen molar-refractivity contribution < 1.29 is 22.4 Å². The van der Waals surface area contributed by atoms with E-state index in [0.29, 0.717) is 22.6 Å². The summed E-state index contributed by atoms with van der Waals surface area (Å²) in [6.07, 6.45) is -3.63. The molecule has 0 saturated carbocycles. The molecular formula is C15H12F4OS. The van der Waals surface area contributed by atoms with E-state index >= 15 is 0 Å². The van der Waals surface area contributed by atoms with Crippen molar-refractivity contribution in [2.75, 3.05) is 0 Å². The van der Waals surface area contributed by atoms with Gasteiger partial charge in [-0.2, -0.15) is 13.2 Å². The average molecular weight is 316 g/mol. The number of Topliss-reactive ketones (excluding diaryl/α,β-unsaturated/α-hetero) is 1. The highest BCUT2D eigenvalue weighted by Crippen LogP contribution is 2.36. The molecule has 0 aliphatic rings. The smallest absolute Gasteiger partial charge is 0.293 e. The van der Waals surface area contributed by atoms with Crippen LogP contribution in [-0.4, -0.2) is 5.78 Å². The van der Waals surface area contributed by atoms with Gasteiger partial charge in [0, 0.05) is 11.3 Å². The number of rotatable bonds is 4. The van der Waals surface area contributed by atoms with Gasteiger partial charge >= 0.3 is 6.18 Å². The zero-order valence-corrected chi connectivity index (χ0v) is 11.9. The Morgan fingerprint density at radius 1 is 1.19 bits per heavy atom. The Balaban J connectivity index is 2.37. The minimum Gasteiger partial charge on any atom is -0.293 e. The van der Waals surface area contributed by atoms with Gasteiger partial charge in [-0.05, 0) is 36.2 Å². The standard InChI is InChI=1S/C15H12F4OS/c1-2-3-12(20)14-7-6-13(21-14)9-4-5-11(16)10(8-9)15(17,18)19/h4-8H,2-3H2,1H3. The summed E-state index contributed by atoms with van der Waals surface area (Å²) < 4.78 is 51.3. The summed E-state index contributed by atoms with van der Waals surface area (Å²) in [5.41, 5.74) is -1.04. The summed E-state index contributed by atoms with van der Waals surface area (Å²) in [6.45, 7) is 1.88. The van der Waals surface area contributed by atoms with Gasteiger partial charge < -0.3 is 0 Å². The number of hydrogen-bond acceptors (Lipinski definition) is 2. The molecule has 0 aliphatic carbocycles. The van der Waals surface area contributed by atoms with Gasteiger partial charge in [0.25, 0.3) is 0 Å². The van der Waals surface area contributed by atoms with Crippen LogP contribution in [-0.2, 0) is 6.18 Å². The average Bonchev–Trinajstić information content (AvgIpc) is 2.88. The normalized spacial score (nSPS) is 11.7. The second kappa shape index (κ2) is 5.97. The molecule has 0 N–H and O–H groups in total. The molecule has 0 saturated heterocycles. The van der Waals surface area contributed by atoms with Crippen LogP contribution in [0.25, 0.3) is 10.4 Å². The largest absolute Gasteiger partial charge is 0.419 e. The van der Waals surface area contributed by atoms with Crippen molar-refractivity contribution in [2.24, 2.45) is 0 Å². The fourth-order valence-electron chi connectivity index (χ4n) is 1.89. The van der Waals surface area contributed by atoms with Crippen molar-refractivity contribution in [2.45, 2.75) is 25.9 Å². The summed E-state index contributed by atoms with van der Waals surface area (Å²) in [4.78, 5) is 12.8. The first-order chi connectivity index (χ1) is 9.82. The topological polar surface area (TPSA) is 17.1 Å². The van der Waals surface area contributed by atoms with E-state index in [4.69, 9.17) is 0 Å². The SMILES string of the molecule is CCCC(=O)c1ccc(-c2ccc(F)c(C(F)(F)F)c2)s1. The second-order valence-corrected chi connectivity index (χ2v) is 5.61. The van der Waals surface area contributed by atoms with E-state index in [1.807, 2.05) is 6.92 Å². The van der Waals surface area contributed by atoms with Crippen LogP contribution >= 0.6 is 11.3 Å². The molecule has 1 aromatic carbocycles. The Bertz CT molecular complexity index is 658. The summed E-state index contributed by atoms with van der Waals surface area (Å²) in [7, 11) is 0. The number of alkyl halides is 3. The van der Waals surface area contributed by atoms with Crippen molar-refractivity contribution in [3.8, 4) is 10.4 Å². The van der Waals surface area contributed by atoms with E-state index in [1.165, 1.54) is 6.07 Å². The maximum absolute atomic E-state index is 13.2. The Labute approximate surface area is 123 Å². The van der Waals surface area contributed by atoms with Gasteiger partial charge in [0.15, 0.2) is 5.78 Å². The van der Waals surface area contributed by atoms with Gasteiger partial charge in [-0.1, -0.05) is 13.0 Å². The van der Waals surface area contributed by atoms with Crippen LogP contribution < -0.4 is 0 Å². The zero-order chi connectivity index (χ0) is 15.6. The van der Waals surface area contributed by atoms with Crippen LogP contribution in [0, 0.1) is 5.82 Å². The number of carbonyl (C=O) groups excluding carboxylic acids is 1. The molecule has 0 aliphatic heterocycles. The summed E-state index contributed by atoms with van der Waals surface area (Å²) in [6, 6.07) is 6.03. The lowest BCUT2D eigenvalue weighted by atomic mass is 10.1. The first kappa shape index (κ1) is 15.7. The molecule has 0 fully saturated rings. The van der Waals surface area contributed by atoms with E-state index in [9.17, 15) is 22.4 Å². The molecule has 0 bridgehead atoms. The molecule has 2 rings (SSSR count). The van der Waals surface area contributed by atoms with Gasteiger partial charge in [0.2, 0.25) is 0 Å². The predicted molar refractivity (Wildman–Crippen MR) is 74.0 cm³/mol. The number of carbonyl (C=O) groups is 1. The van der Waals surface area contributed by atoms with Gasteiger partial charge in [0.05, 0.1) is 10.4 Å². The molecule has 112 valence electrons. The number of thiophene rings is 1. The van der Waals surface area contributed by atoms with E-state index in [0.717, 1.165) is 23.5 Å². The third-order valence-corrected chi connectivity index (χ3v) is 4.09. The fraction of sp³-hybridized carbons (Fsp3) is 0.267. The summed E-state index contributed by atoms with van der Waals surface area (Å²) in [5.74, 6) is -1.34. The minimum atomic E-state index is -4.74. The summed E-state index contributed by atoms with van der Waals surface area (Å²) in [5, 5.41) is 0. The lowest BCUT2D eigenvalue weighted by Crippen LogP contribution is -2.07. The molecule has 1 aromatic heterocycles. The third kappa shape index (κ3) is 3.50. The summed E-state index contributed by atoms with van der Waals surface area (Å²) >= 11 is 1.12. The Kier molecular flexibility index (Phi) is 4.46. The molecule has 0 atom stereocenters. The Hall–Kier alpha value is -1.69. The number of halogens is 4. The predicted octanol–water partition coefficient (Wildman–Crippen LogP) is 5.56. The number of ketones is 1. The molecule has 0 radical (unpaired) electrons. The molecular weight excluding hydrogens is 304 g/mol. The van der Waals surface area contributed by atoms with Crippen molar-refractivity contribution in [3.05, 3.63) is 46.6 Å². The monoisotopic (exact) mass is 316 g/mol. The van der Waals surface area contributed by atoms with E-state index in [1.54, 1.807) is 12.1 Å². The van der Waals surface area contributed by atoms with Crippen LogP contribution in [0.4, 0.5) is 17.6 Å². The molecule has 1 heterocycles. The first-order valence-electron chi connectivity index (χ1n) is 6.33. The Morgan fingerprint density at radius 3 is 2.52 bits per heavy atom. The van der Waals surface area contributed by atoms with Gasteiger partial charge in [-0.3, -0.25) is 4.79 Å². The van der Waals surface area contributed by atoms with E-state index < -0.39 is 17.6 Å². The quantitative estimate of drug-likeness (QED) is 0.533.